The summed E-state index contributed by atoms with van der Waals surface area (Å²) in [5.41, 5.74) is 0.605. The van der Waals surface area contributed by atoms with Gasteiger partial charge in [0.25, 0.3) is 0 Å². The van der Waals surface area contributed by atoms with Gasteiger partial charge in [-0.25, -0.2) is 9.97 Å². The number of aromatic nitrogens is 5. The number of rotatable bonds is 5. The lowest BCUT2D eigenvalue weighted by atomic mass is 9.89. The first kappa shape index (κ1) is 24.2. The Labute approximate surface area is 199 Å². The number of aromatic amines is 1. The number of aryl methyl sites for hydroxylation is 1. The van der Waals surface area contributed by atoms with E-state index in [-0.39, 0.29) is 35.9 Å². The number of benzene rings is 1. The Morgan fingerprint density at radius 1 is 1.17 bits per heavy atom. The lowest BCUT2D eigenvalue weighted by molar-refractivity contribution is -0.137. The highest BCUT2D eigenvalue weighted by atomic mass is 19.4. The maximum atomic E-state index is 13.6. The Bertz CT molecular complexity index is 1440. The fourth-order valence-corrected chi connectivity index (χ4v) is 3.86. The fourth-order valence-electron chi connectivity index (χ4n) is 3.86. The molecule has 182 valence electrons. The Morgan fingerprint density at radius 2 is 1.89 bits per heavy atom. The molecule has 3 heterocycles. The molecule has 0 fully saturated rings. The molecule has 0 radical (unpaired) electrons. The Hall–Kier alpha value is -3.91. The van der Waals surface area contributed by atoms with Crippen molar-refractivity contribution in [1.82, 2.24) is 24.7 Å². The van der Waals surface area contributed by atoms with E-state index in [0.29, 0.717) is 28.3 Å². The van der Waals surface area contributed by atoms with Crippen molar-refractivity contribution < 1.29 is 23.0 Å². The van der Waals surface area contributed by atoms with Crippen LogP contribution in [-0.4, -0.2) is 43.1 Å². The lowest BCUT2D eigenvalue weighted by Gasteiger charge is -2.15. The van der Waals surface area contributed by atoms with Crippen molar-refractivity contribution in [2.45, 2.75) is 32.4 Å². The average molecular weight is 484 g/mol. The van der Waals surface area contributed by atoms with Crippen LogP contribution in [0.3, 0.4) is 0 Å². The molecule has 11 heteroatoms. The second-order valence-corrected chi connectivity index (χ2v) is 8.97. The molecule has 0 aliphatic carbocycles. The first-order valence-corrected chi connectivity index (χ1v) is 10.7. The van der Waals surface area contributed by atoms with Crippen LogP contribution in [0.2, 0.25) is 0 Å². The lowest BCUT2D eigenvalue weighted by Crippen LogP contribution is -2.14. The van der Waals surface area contributed by atoms with Crippen molar-refractivity contribution in [2.75, 3.05) is 13.2 Å². The van der Waals surface area contributed by atoms with Gasteiger partial charge in [0.2, 0.25) is 5.88 Å². The molecule has 0 aliphatic heterocycles. The Morgan fingerprint density at radius 3 is 2.51 bits per heavy atom. The van der Waals surface area contributed by atoms with Gasteiger partial charge in [-0.3, -0.25) is 4.68 Å². The van der Waals surface area contributed by atoms with Crippen molar-refractivity contribution in [3.05, 3.63) is 47.2 Å². The summed E-state index contributed by atoms with van der Waals surface area (Å²) < 4.78 is 48.0. The monoisotopic (exact) mass is 484 g/mol. The highest BCUT2D eigenvalue weighted by Gasteiger charge is 2.34. The number of imidazole rings is 1. The molecule has 0 aliphatic rings. The van der Waals surface area contributed by atoms with Gasteiger partial charge in [-0.2, -0.15) is 23.5 Å². The zero-order chi connectivity index (χ0) is 25.5. The number of halogens is 3. The van der Waals surface area contributed by atoms with Gasteiger partial charge in [0, 0.05) is 18.0 Å². The number of nitrogens with zero attached hydrogens (tertiary/aromatic N) is 5. The third kappa shape index (κ3) is 4.44. The standard InChI is InChI=1S/C24H23F3N6O2/c1-23(2,3)20-14(12-28)19(33(4)32-20)21-29-17-11-16(30-22(18(17)31-21)35-10-9-34)13-7-5-6-8-15(13)24(25,26)27/h5-8,11,34H,9-10H2,1-4H3,(H,29,31). The van der Waals surface area contributed by atoms with Crippen LogP contribution in [-0.2, 0) is 18.6 Å². The second kappa shape index (κ2) is 8.70. The molecule has 2 N–H and O–H groups in total. The SMILES string of the molecule is Cn1nc(C(C)(C)C)c(C#N)c1-c1nc2cc(-c3ccccc3C(F)(F)F)nc(OCCO)c2[nH]1. The summed E-state index contributed by atoms with van der Waals surface area (Å²) in [5.74, 6) is 0.276. The van der Waals surface area contributed by atoms with E-state index in [4.69, 9.17) is 4.74 Å². The molecule has 8 nitrogen and oxygen atoms in total. The Balaban J connectivity index is 1.96. The minimum Gasteiger partial charge on any atom is -0.474 e. The van der Waals surface area contributed by atoms with Gasteiger partial charge in [0.15, 0.2) is 5.82 Å². The largest absolute Gasteiger partial charge is 0.474 e. The van der Waals surface area contributed by atoms with E-state index >= 15 is 0 Å². The highest BCUT2D eigenvalue weighted by Crippen LogP contribution is 2.39. The van der Waals surface area contributed by atoms with Gasteiger partial charge in [0.1, 0.15) is 29.5 Å². The minimum atomic E-state index is -4.59. The van der Waals surface area contributed by atoms with E-state index in [2.05, 4.69) is 26.1 Å². The molecule has 0 saturated carbocycles. The number of alkyl halides is 3. The molecule has 0 atom stereocenters. The molecule has 0 bridgehead atoms. The summed E-state index contributed by atoms with van der Waals surface area (Å²) in [6.45, 7) is 5.38. The predicted octanol–water partition coefficient (Wildman–Crippen LogP) is 4.58. The number of aliphatic hydroxyl groups excluding tert-OH is 1. The van der Waals surface area contributed by atoms with Gasteiger partial charge >= 0.3 is 6.18 Å². The van der Waals surface area contributed by atoms with Crippen LogP contribution in [0.1, 0.15) is 37.6 Å². The van der Waals surface area contributed by atoms with Crippen molar-refractivity contribution in [3.8, 4) is 34.7 Å². The van der Waals surface area contributed by atoms with Gasteiger partial charge < -0.3 is 14.8 Å². The Kier molecular flexibility index (Phi) is 6.02. The number of nitriles is 1. The van der Waals surface area contributed by atoms with Crippen molar-refractivity contribution >= 4 is 11.0 Å². The van der Waals surface area contributed by atoms with E-state index in [9.17, 15) is 23.5 Å². The number of pyridine rings is 1. The molecule has 4 aromatic rings. The summed E-state index contributed by atoms with van der Waals surface area (Å²) in [5, 5.41) is 23.6. The molecule has 4 rings (SSSR count). The van der Waals surface area contributed by atoms with Crippen molar-refractivity contribution in [2.24, 2.45) is 7.05 Å². The third-order valence-corrected chi connectivity index (χ3v) is 5.37. The van der Waals surface area contributed by atoms with Crippen LogP contribution >= 0.6 is 0 Å². The third-order valence-electron chi connectivity index (χ3n) is 5.37. The van der Waals surface area contributed by atoms with Gasteiger partial charge in [-0.05, 0) is 12.1 Å². The first-order chi connectivity index (χ1) is 16.5. The van der Waals surface area contributed by atoms with E-state index < -0.39 is 17.2 Å². The number of H-pyrrole nitrogens is 1. The smallest absolute Gasteiger partial charge is 0.417 e. The number of ether oxygens (including phenoxy) is 1. The van der Waals surface area contributed by atoms with E-state index in [1.54, 1.807) is 11.7 Å². The molecule has 1 aromatic carbocycles. The van der Waals surface area contributed by atoms with E-state index in [1.807, 2.05) is 20.8 Å². The van der Waals surface area contributed by atoms with Crippen molar-refractivity contribution in [1.29, 1.82) is 5.26 Å². The second-order valence-electron chi connectivity index (χ2n) is 8.97. The topological polar surface area (TPSA) is 113 Å². The molecule has 0 spiro atoms. The van der Waals surface area contributed by atoms with Crippen LogP contribution in [0.15, 0.2) is 30.3 Å². The van der Waals surface area contributed by atoms with Crippen LogP contribution in [0.4, 0.5) is 13.2 Å². The molecule has 0 amide bonds. The molecule has 0 saturated heterocycles. The summed E-state index contributed by atoms with van der Waals surface area (Å²) in [6.07, 6.45) is -4.59. The summed E-state index contributed by atoms with van der Waals surface area (Å²) in [7, 11) is 1.69. The van der Waals surface area contributed by atoms with E-state index in [0.717, 1.165) is 6.07 Å². The first-order valence-electron chi connectivity index (χ1n) is 10.7. The normalized spacial score (nSPS) is 12.2. The van der Waals surface area contributed by atoms with Gasteiger partial charge in [0.05, 0.1) is 29.1 Å². The quantitative estimate of drug-likeness (QED) is 0.429. The number of nitrogens with one attached hydrogen (secondary N) is 1. The van der Waals surface area contributed by atoms with Gasteiger partial charge in [-0.1, -0.05) is 39.0 Å². The maximum Gasteiger partial charge on any atom is 0.417 e. The zero-order valence-corrected chi connectivity index (χ0v) is 19.5. The van der Waals surface area contributed by atoms with Crippen LogP contribution in [0, 0.1) is 11.3 Å². The van der Waals surface area contributed by atoms with Crippen LogP contribution < -0.4 is 4.74 Å². The molecule has 0 unspecified atom stereocenters. The van der Waals surface area contributed by atoms with Gasteiger partial charge in [-0.15, -0.1) is 0 Å². The zero-order valence-electron chi connectivity index (χ0n) is 19.5. The van der Waals surface area contributed by atoms with Crippen LogP contribution in [0.5, 0.6) is 5.88 Å². The number of aliphatic hydroxyl groups is 1. The summed E-state index contributed by atoms with van der Waals surface area (Å²) >= 11 is 0. The predicted molar refractivity (Wildman–Crippen MR) is 123 cm³/mol. The summed E-state index contributed by atoms with van der Waals surface area (Å²) in [4.78, 5) is 11.9. The number of fused-ring (bicyclic) bond motifs is 1. The average Bonchev–Trinajstić information content (AvgIpc) is 3.36. The number of hydrogen-bond acceptors (Lipinski definition) is 6. The highest BCUT2D eigenvalue weighted by molar-refractivity contribution is 5.87. The molecule has 3 aromatic heterocycles. The molecular weight excluding hydrogens is 461 g/mol. The van der Waals surface area contributed by atoms with Crippen LogP contribution in [0.25, 0.3) is 33.8 Å². The molecule has 35 heavy (non-hydrogen) atoms. The van der Waals surface area contributed by atoms with Crippen molar-refractivity contribution in [3.63, 3.8) is 0 Å². The van der Waals surface area contributed by atoms with E-state index in [1.165, 1.54) is 24.3 Å². The summed E-state index contributed by atoms with van der Waals surface area (Å²) in [6, 6.07) is 8.72. The fraction of sp³-hybridized carbons (Fsp3) is 0.333. The number of hydrogen-bond donors (Lipinski definition) is 2. The minimum absolute atomic E-state index is 0.0114. The molecular formula is C24H23F3N6O2. The maximum absolute atomic E-state index is 13.6.